The van der Waals surface area contributed by atoms with Crippen LogP contribution >= 0.6 is 0 Å². The number of hydrogen-bond donors (Lipinski definition) is 0. The second-order valence-electron chi connectivity index (χ2n) is 8.48. The van der Waals surface area contributed by atoms with Gasteiger partial charge in [-0.05, 0) is 57.9 Å². The zero-order chi connectivity index (χ0) is 19.8. The largest absolute Gasteiger partial charge is 0.328 e. The Bertz CT molecular complexity index is 733. The maximum absolute atomic E-state index is 13.1. The van der Waals surface area contributed by atoms with Gasteiger partial charge in [-0.25, -0.2) is 9.18 Å². The first-order valence-corrected chi connectivity index (χ1v) is 9.65. The lowest BCUT2D eigenvalue weighted by Crippen LogP contribution is -2.48. The highest BCUT2D eigenvalue weighted by Crippen LogP contribution is 2.34. The van der Waals surface area contributed by atoms with Crippen molar-refractivity contribution in [1.82, 2.24) is 9.80 Å². The van der Waals surface area contributed by atoms with Crippen LogP contribution in [-0.2, 0) is 4.79 Å². The number of carbonyl (C=O) groups is 3. The molecular formula is C21H27FN2O3. The lowest BCUT2D eigenvalue weighted by Gasteiger charge is -2.34. The molecule has 1 aliphatic heterocycles. The van der Waals surface area contributed by atoms with Crippen molar-refractivity contribution in [3.05, 3.63) is 35.6 Å². The number of rotatable bonds is 4. The van der Waals surface area contributed by atoms with Crippen LogP contribution in [0.15, 0.2) is 24.3 Å². The summed E-state index contributed by atoms with van der Waals surface area (Å²) in [5.74, 6) is -0.979. The maximum atomic E-state index is 13.1. The van der Waals surface area contributed by atoms with E-state index in [0.717, 1.165) is 32.1 Å². The Balaban J connectivity index is 1.88. The van der Waals surface area contributed by atoms with Crippen molar-refractivity contribution in [3.63, 3.8) is 0 Å². The van der Waals surface area contributed by atoms with Gasteiger partial charge in [-0.1, -0.05) is 19.3 Å². The molecule has 0 N–H and O–H groups in total. The average Bonchev–Trinajstić information content (AvgIpc) is 2.86. The van der Waals surface area contributed by atoms with Crippen molar-refractivity contribution in [1.29, 1.82) is 0 Å². The maximum Gasteiger partial charge on any atom is 0.328 e. The van der Waals surface area contributed by atoms with E-state index in [1.54, 1.807) is 4.90 Å². The Morgan fingerprint density at radius 2 is 1.67 bits per heavy atom. The summed E-state index contributed by atoms with van der Waals surface area (Å²) in [6, 6.07) is 4.23. The summed E-state index contributed by atoms with van der Waals surface area (Å²) in [6.45, 7) is 5.48. The van der Waals surface area contributed by atoms with E-state index in [2.05, 4.69) is 0 Å². The molecule has 6 heteroatoms. The fourth-order valence-electron chi connectivity index (χ4n) is 4.11. The van der Waals surface area contributed by atoms with E-state index in [0.29, 0.717) is 5.56 Å². The van der Waals surface area contributed by atoms with Gasteiger partial charge in [0.15, 0.2) is 5.78 Å². The number of Topliss-reactive ketones (excluding diaryl/α,β-unsaturated/α-hetero) is 1. The fraction of sp³-hybridized carbons (Fsp3) is 0.571. The molecule has 1 saturated carbocycles. The molecule has 3 amide bonds. The van der Waals surface area contributed by atoms with Crippen molar-refractivity contribution in [3.8, 4) is 0 Å². The molecule has 3 rings (SSSR count). The van der Waals surface area contributed by atoms with Gasteiger partial charge in [-0.15, -0.1) is 0 Å². The van der Waals surface area contributed by atoms with Gasteiger partial charge < -0.3 is 4.90 Å². The predicted octanol–water partition coefficient (Wildman–Crippen LogP) is 4.16. The number of amides is 3. The predicted molar refractivity (Wildman–Crippen MR) is 99.8 cm³/mol. The molecule has 0 radical (unpaired) electrons. The summed E-state index contributed by atoms with van der Waals surface area (Å²) < 4.78 is 13.1. The molecule has 0 aromatic heterocycles. The molecule has 2 fully saturated rings. The standard InChI is InChI=1S/C21H27FN2O3/c1-21(2,3)24-19(26)17(13-18(25)14-9-11-15(22)12-10-14)23(20(24)27)16-7-5-4-6-8-16/h9-12,16-17H,4-8,13H2,1-3H3. The summed E-state index contributed by atoms with van der Waals surface area (Å²) in [5.41, 5.74) is -0.288. The van der Waals surface area contributed by atoms with Gasteiger partial charge in [0.2, 0.25) is 0 Å². The highest BCUT2D eigenvalue weighted by atomic mass is 19.1. The number of imide groups is 1. The molecule has 1 unspecified atom stereocenters. The lowest BCUT2D eigenvalue weighted by atomic mass is 9.92. The molecule has 0 spiro atoms. The summed E-state index contributed by atoms with van der Waals surface area (Å²) >= 11 is 0. The van der Waals surface area contributed by atoms with Crippen LogP contribution < -0.4 is 0 Å². The monoisotopic (exact) mass is 374 g/mol. The number of benzene rings is 1. The van der Waals surface area contributed by atoms with Crippen molar-refractivity contribution >= 4 is 17.7 Å². The number of ketones is 1. The molecule has 2 aliphatic rings. The van der Waals surface area contributed by atoms with Crippen LogP contribution in [0.4, 0.5) is 9.18 Å². The zero-order valence-corrected chi connectivity index (χ0v) is 16.2. The van der Waals surface area contributed by atoms with Crippen LogP contribution in [0, 0.1) is 5.82 Å². The highest BCUT2D eigenvalue weighted by Gasteiger charge is 2.52. The Hall–Kier alpha value is -2.24. The number of carbonyl (C=O) groups excluding carboxylic acids is 3. The van der Waals surface area contributed by atoms with Crippen LogP contribution in [0.1, 0.15) is 69.7 Å². The van der Waals surface area contributed by atoms with Gasteiger partial charge in [0.1, 0.15) is 11.9 Å². The molecular weight excluding hydrogens is 347 g/mol. The fourth-order valence-corrected chi connectivity index (χ4v) is 4.11. The average molecular weight is 374 g/mol. The van der Waals surface area contributed by atoms with E-state index in [1.807, 2.05) is 20.8 Å². The summed E-state index contributed by atoms with van der Waals surface area (Å²) in [5, 5.41) is 0. The molecule has 27 heavy (non-hydrogen) atoms. The topological polar surface area (TPSA) is 57.7 Å². The van der Waals surface area contributed by atoms with E-state index >= 15 is 0 Å². The molecule has 1 atom stereocenters. The molecule has 1 aliphatic carbocycles. The minimum absolute atomic E-state index is 0.00596. The van der Waals surface area contributed by atoms with E-state index in [-0.39, 0.29) is 30.2 Å². The van der Waals surface area contributed by atoms with Crippen molar-refractivity contribution in [2.75, 3.05) is 0 Å². The number of halogens is 1. The van der Waals surface area contributed by atoms with Crippen molar-refractivity contribution < 1.29 is 18.8 Å². The summed E-state index contributed by atoms with van der Waals surface area (Å²) in [6.07, 6.45) is 4.83. The summed E-state index contributed by atoms with van der Waals surface area (Å²) in [4.78, 5) is 41.9. The van der Waals surface area contributed by atoms with E-state index in [4.69, 9.17) is 0 Å². The van der Waals surface area contributed by atoms with Gasteiger partial charge in [-0.3, -0.25) is 14.5 Å². The van der Waals surface area contributed by atoms with Gasteiger partial charge in [0.05, 0.1) is 0 Å². The molecule has 1 aromatic rings. The lowest BCUT2D eigenvalue weighted by molar-refractivity contribution is -0.131. The van der Waals surface area contributed by atoms with Gasteiger partial charge in [0, 0.05) is 23.6 Å². The van der Waals surface area contributed by atoms with Gasteiger partial charge in [0.25, 0.3) is 5.91 Å². The Morgan fingerprint density at radius 3 is 2.22 bits per heavy atom. The SMILES string of the molecule is CC(C)(C)N1C(=O)C(CC(=O)c2ccc(F)cc2)N(C2CCCCC2)C1=O. The van der Waals surface area contributed by atoms with Crippen molar-refractivity contribution in [2.45, 2.75) is 76.9 Å². The Labute approximate surface area is 159 Å². The number of nitrogens with zero attached hydrogens (tertiary/aromatic N) is 2. The van der Waals surface area contributed by atoms with Crippen LogP contribution in [0.5, 0.6) is 0 Å². The van der Waals surface area contributed by atoms with Gasteiger partial charge in [-0.2, -0.15) is 0 Å². The molecule has 1 aromatic carbocycles. The third kappa shape index (κ3) is 3.89. The number of urea groups is 1. The Morgan fingerprint density at radius 1 is 1.07 bits per heavy atom. The summed E-state index contributed by atoms with van der Waals surface area (Å²) in [7, 11) is 0. The molecule has 0 bridgehead atoms. The Kier molecular flexibility index (Phi) is 5.36. The van der Waals surface area contributed by atoms with E-state index in [9.17, 15) is 18.8 Å². The van der Waals surface area contributed by atoms with Crippen LogP contribution in [-0.4, -0.2) is 45.1 Å². The van der Waals surface area contributed by atoms with Crippen LogP contribution in [0.25, 0.3) is 0 Å². The molecule has 1 saturated heterocycles. The van der Waals surface area contributed by atoms with Gasteiger partial charge >= 0.3 is 6.03 Å². The van der Waals surface area contributed by atoms with Crippen LogP contribution in [0.3, 0.4) is 0 Å². The van der Waals surface area contributed by atoms with Crippen molar-refractivity contribution in [2.24, 2.45) is 0 Å². The minimum atomic E-state index is -0.780. The van der Waals surface area contributed by atoms with Crippen LogP contribution in [0.2, 0.25) is 0 Å². The molecule has 146 valence electrons. The second kappa shape index (κ2) is 7.41. The molecule has 5 nitrogen and oxygen atoms in total. The van der Waals surface area contributed by atoms with E-state index < -0.39 is 17.4 Å². The molecule has 1 heterocycles. The highest BCUT2D eigenvalue weighted by molar-refractivity contribution is 6.08. The first-order valence-electron chi connectivity index (χ1n) is 9.65. The minimum Gasteiger partial charge on any atom is -0.309 e. The second-order valence-corrected chi connectivity index (χ2v) is 8.48. The smallest absolute Gasteiger partial charge is 0.309 e. The first-order chi connectivity index (χ1) is 12.7. The number of hydrogen-bond acceptors (Lipinski definition) is 3. The first kappa shape index (κ1) is 19.5. The normalized spacial score (nSPS) is 21.9. The van der Waals surface area contributed by atoms with E-state index in [1.165, 1.54) is 29.2 Å². The quantitative estimate of drug-likeness (QED) is 0.587. The third-order valence-electron chi connectivity index (χ3n) is 5.44. The third-order valence-corrected chi connectivity index (χ3v) is 5.44. The zero-order valence-electron chi connectivity index (χ0n) is 16.2.